The molecule has 0 aliphatic heterocycles. The molecule has 2 nitrogen and oxygen atoms in total. The minimum Gasteiger partial charge on any atom is -0.468 e. The highest BCUT2D eigenvalue weighted by Crippen LogP contribution is 2.14. The predicted molar refractivity (Wildman–Crippen MR) is 50.0 cm³/mol. The summed E-state index contributed by atoms with van der Waals surface area (Å²) in [6.07, 6.45) is 2.87. The molecule has 1 aromatic rings. The van der Waals surface area contributed by atoms with Crippen LogP contribution in [0.4, 0.5) is 0 Å². The summed E-state index contributed by atoms with van der Waals surface area (Å²) in [5, 5.41) is 3.09. The number of furan rings is 1. The van der Waals surface area contributed by atoms with Gasteiger partial charge in [0.05, 0.1) is 12.8 Å². The zero-order valence-corrected chi connectivity index (χ0v) is 8.05. The first-order valence-corrected chi connectivity index (χ1v) is 4.44. The van der Waals surface area contributed by atoms with Crippen LogP contribution < -0.4 is 5.32 Å². The first kappa shape index (κ1) is 9.33. The van der Waals surface area contributed by atoms with E-state index in [1.54, 1.807) is 6.26 Å². The van der Waals surface area contributed by atoms with Crippen molar-refractivity contribution in [1.82, 2.24) is 5.32 Å². The van der Waals surface area contributed by atoms with Crippen molar-refractivity contribution in [2.75, 3.05) is 7.05 Å². The molecule has 0 bridgehead atoms. The molecule has 0 spiro atoms. The topological polar surface area (TPSA) is 25.2 Å². The van der Waals surface area contributed by atoms with Gasteiger partial charge >= 0.3 is 0 Å². The molecule has 1 heterocycles. The Labute approximate surface area is 74.0 Å². The van der Waals surface area contributed by atoms with Crippen LogP contribution in [0.25, 0.3) is 0 Å². The number of nitrogens with one attached hydrogen (secondary N) is 1. The number of hydrogen-bond donors (Lipinski definition) is 1. The summed E-state index contributed by atoms with van der Waals surface area (Å²) in [5.41, 5.74) is 1.33. The van der Waals surface area contributed by atoms with Gasteiger partial charge < -0.3 is 9.73 Å². The van der Waals surface area contributed by atoms with Gasteiger partial charge in [0.1, 0.15) is 5.76 Å². The molecule has 1 rings (SSSR count). The zero-order valence-electron chi connectivity index (χ0n) is 8.05. The summed E-state index contributed by atoms with van der Waals surface area (Å²) in [6, 6.07) is 2.06. The van der Waals surface area contributed by atoms with E-state index in [4.69, 9.17) is 4.42 Å². The Morgan fingerprint density at radius 2 is 2.25 bits per heavy atom. The van der Waals surface area contributed by atoms with Gasteiger partial charge in [-0.15, -0.1) is 0 Å². The second kappa shape index (κ2) is 4.31. The Kier molecular flexibility index (Phi) is 3.35. The first-order valence-electron chi connectivity index (χ1n) is 4.44. The van der Waals surface area contributed by atoms with Crippen molar-refractivity contribution in [3.8, 4) is 0 Å². The van der Waals surface area contributed by atoms with Gasteiger partial charge in [-0.1, -0.05) is 13.8 Å². The Bertz CT molecular complexity index is 227. The molecule has 0 unspecified atom stereocenters. The van der Waals surface area contributed by atoms with Crippen molar-refractivity contribution in [3.05, 3.63) is 23.7 Å². The maximum absolute atomic E-state index is 5.34. The molecule has 0 atom stereocenters. The van der Waals surface area contributed by atoms with E-state index in [0.717, 1.165) is 18.7 Å². The molecule has 0 fully saturated rings. The average molecular weight is 167 g/mol. The summed E-state index contributed by atoms with van der Waals surface area (Å²) < 4.78 is 5.34. The van der Waals surface area contributed by atoms with Gasteiger partial charge in [-0.25, -0.2) is 0 Å². The molecular weight excluding hydrogens is 150 g/mol. The summed E-state index contributed by atoms with van der Waals surface area (Å²) >= 11 is 0. The molecule has 68 valence electrons. The normalized spacial score (nSPS) is 11.0. The summed E-state index contributed by atoms with van der Waals surface area (Å²) in [6.45, 7) is 5.27. The molecule has 0 aliphatic carbocycles. The number of rotatable bonds is 4. The predicted octanol–water partition coefficient (Wildman–Crippen LogP) is 2.20. The summed E-state index contributed by atoms with van der Waals surface area (Å²) in [4.78, 5) is 0. The van der Waals surface area contributed by atoms with Crippen LogP contribution in [0.15, 0.2) is 16.7 Å². The van der Waals surface area contributed by atoms with Crippen molar-refractivity contribution in [2.45, 2.75) is 26.8 Å². The zero-order chi connectivity index (χ0) is 8.97. The highest BCUT2D eigenvalue weighted by atomic mass is 16.3. The van der Waals surface area contributed by atoms with Crippen LogP contribution in [-0.2, 0) is 13.0 Å². The van der Waals surface area contributed by atoms with Gasteiger partial charge in [0.2, 0.25) is 0 Å². The Morgan fingerprint density at radius 3 is 2.83 bits per heavy atom. The fourth-order valence-corrected chi connectivity index (χ4v) is 1.30. The lowest BCUT2D eigenvalue weighted by Gasteiger charge is -2.04. The molecule has 0 amide bonds. The van der Waals surface area contributed by atoms with Gasteiger partial charge in [0.15, 0.2) is 0 Å². The van der Waals surface area contributed by atoms with E-state index in [1.807, 2.05) is 7.05 Å². The monoisotopic (exact) mass is 167 g/mol. The quantitative estimate of drug-likeness (QED) is 0.743. The van der Waals surface area contributed by atoms with Crippen LogP contribution in [0, 0.1) is 5.92 Å². The molecule has 0 saturated heterocycles. The summed E-state index contributed by atoms with van der Waals surface area (Å²) in [5.74, 6) is 1.77. The molecule has 0 saturated carbocycles. The maximum atomic E-state index is 5.34. The lowest BCUT2D eigenvalue weighted by molar-refractivity contribution is 0.485. The molecule has 0 radical (unpaired) electrons. The van der Waals surface area contributed by atoms with Gasteiger partial charge in [0, 0.05) is 0 Å². The lowest BCUT2D eigenvalue weighted by atomic mass is 10.0. The maximum Gasteiger partial charge on any atom is 0.120 e. The highest BCUT2D eigenvalue weighted by molar-refractivity contribution is 5.17. The van der Waals surface area contributed by atoms with E-state index in [0.29, 0.717) is 5.92 Å². The Morgan fingerprint density at radius 1 is 1.50 bits per heavy atom. The molecule has 0 aromatic carbocycles. The molecule has 1 N–H and O–H groups in total. The van der Waals surface area contributed by atoms with Gasteiger partial charge in [-0.05, 0) is 31.0 Å². The van der Waals surface area contributed by atoms with E-state index in [9.17, 15) is 0 Å². The van der Waals surface area contributed by atoms with Gasteiger partial charge in [-0.2, -0.15) is 0 Å². The summed E-state index contributed by atoms with van der Waals surface area (Å²) in [7, 11) is 1.93. The third-order valence-corrected chi connectivity index (χ3v) is 1.80. The molecule has 12 heavy (non-hydrogen) atoms. The van der Waals surface area contributed by atoms with Crippen LogP contribution in [0.1, 0.15) is 25.2 Å². The Balaban J connectivity index is 2.63. The van der Waals surface area contributed by atoms with Gasteiger partial charge in [-0.3, -0.25) is 0 Å². The van der Waals surface area contributed by atoms with Crippen LogP contribution in [-0.4, -0.2) is 7.05 Å². The fourth-order valence-electron chi connectivity index (χ4n) is 1.30. The van der Waals surface area contributed by atoms with Crippen LogP contribution >= 0.6 is 0 Å². The van der Waals surface area contributed by atoms with Crippen molar-refractivity contribution >= 4 is 0 Å². The van der Waals surface area contributed by atoms with Crippen LogP contribution in [0.3, 0.4) is 0 Å². The number of hydrogen-bond acceptors (Lipinski definition) is 2. The third-order valence-electron chi connectivity index (χ3n) is 1.80. The molecular formula is C10H17NO. The van der Waals surface area contributed by atoms with Crippen LogP contribution in [0.2, 0.25) is 0 Å². The van der Waals surface area contributed by atoms with E-state index in [-0.39, 0.29) is 0 Å². The minimum atomic E-state index is 0.693. The third kappa shape index (κ3) is 2.38. The lowest BCUT2D eigenvalue weighted by Crippen LogP contribution is -2.07. The minimum absolute atomic E-state index is 0.693. The fraction of sp³-hybridized carbons (Fsp3) is 0.600. The second-order valence-electron chi connectivity index (χ2n) is 3.50. The SMILES string of the molecule is CNCc1occc1CC(C)C. The van der Waals surface area contributed by atoms with Gasteiger partial charge in [0.25, 0.3) is 0 Å². The van der Waals surface area contributed by atoms with E-state index < -0.39 is 0 Å². The Hall–Kier alpha value is -0.760. The van der Waals surface area contributed by atoms with Crippen molar-refractivity contribution < 1.29 is 4.42 Å². The average Bonchev–Trinajstić information content (AvgIpc) is 2.37. The first-order chi connectivity index (χ1) is 5.74. The molecule has 2 heteroatoms. The largest absolute Gasteiger partial charge is 0.468 e. The smallest absolute Gasteiger partial charge is 0.120 e. The van der Waals surface area contributed by atoms with E-state index >= 15 is 0 Å². The molecule has 0 aliphatic rings. The van der Waals surface area contributed by atoms with Crippen molar-refractivity contribution in [1.29, 1.82) is 0 Å². The standard InChI is InChI=1S/C10H17NO/c1-8(2)6-9-4-5-12-10(9)7-11-3/h4-5,8,11H,6-7H2,1-3H3. The van der Waals surface area contributed by atoms with E-state index in [2.05, 4.69) is 25.2 Å². The van der Waals surface area contributed by atoms with Crippen LogP contribution in [0.5, 0.6) is 0 Å². The highest BCUT2D eigenvalue weighted by Gasteiger charge is 2.06. The van der Waals surface area contributed by atoms with Crippen molar-refractivity contribution in [2.24, 2.45) is 5.92 Å². The molecule has 1 aromatic heterocycles. The second-order valence-corrected chi connectivity index (χ2v) is 3.50. The van der Waals surface area contributed by atoms with E-state index in [1.165, 1.54) is 5.56 Å². The van der Waals surface area contributed by atoms with Crippen molar-refractivity contribution in [3.63, 3.8) is 0 Å².